The van der Waals surface area contributed by atoms with Gasteiger partial charge < -0.3 is 10.4 Å². The van der Waals surface area contributed by atoms with Gasteiger partial charge in [-0.1, -0.05) is 25.1 Å². The quantitative estimate of drug-likeness (QED) is 0.806. The van der Waals surface area contributed by atoms with E-state index >= 15 is 0 Å². The van der Waals surface area contributed by atoms with Gasteiger partial charge in [-0.2, -0.15) is 0 Å². The van der Waals surface area contributed by atoms with Gasteiger partial charge in [0.2, 0.25) is 5.91 Å². The van der Waals surface area contributed by atoms with Crippen LogP contribution in [0.4, 0.5) is 0 Å². The number of aliphatic hydroxyl groups is 1. The highest BCUT2D eigenvalue weighted by Gasteiger charge is 2.07. The molecule has 88 valence electrons. The number of amides is 1. The number of aliphatic hydroxyl groups excluding tert-OH is 1. The maximum absolute atomic E-state index is 11.6. The predicted molar refractivity (Wildman–Crippen MR) is 72.2 cm³/mol. The highest BCUT2D eigenvalue weighted by Crippen LogP contribution is 2.11. The molecule has 3 nitrogen and oxygen atoms in total. The predicted octanol–water partition coefficient (Wildman–Crippen LogP) is 1.72. The Balaban J connectivity index is 2.43. The minimum atomic E-state index is -0.446. The molecule has 0 heterocycles. The average Bonchev–Trinajstić information content (AvgIpc) is 2.29. The smallest absolute Gasteiger partial charge is 0.224 e. The topological polar surface area (TPSA) is 49.3 Å². The highest BCUT2D eigenvalue weighted by molar-refractivity contribution is 14.1. The van der Waals surface area contributed by atoms with Crippen LogP contribution in [0.2, 0.25) is 0 Å². The molecule has 4 heteroatoms. The molecule has 0 aromatic heterocycles. The number of hydrogen-bond acceptors (Lipinski definition) is 2. The zero-order valence-electron chi connectivity index (χ0n) is 9.24. The molecule has 16 heavy (non-hydrogen) atoms. The van der Waals surface area contributed by atoms with Crippen LogP contribution in [0.5, 0.6) is 0 Å². The van der Waals surface area contributed by atoms with E-state index in [4.69, 9.17) is 0 Å². The Labute approximate surface area is 109 Å². The Morgan fingerprint density at radius 3 is 2.81 bits per heavy atom. The molecule has 0 aliphatic carbocycles. The number of rotatable bonds is 5. The first-order chi connectivity index (χ1) is 7.63. The van der Waals surface area contributed by atoms with Gasteiger partial charge in [0.15, 0.2) is 0 Å². The number of nitrogens with one attached hydrogen (secondary N) is 1. The van der Waals surface area contributed by atoms with Crippen molar-refractivity contribution in [3.8, 4) is 0 Å². The molecule has 0 saturated carbocycles. The minimum absolute atomic E-state index is 0.0448. The molecule has 0 spiro atoms. The van der Waals surface area contributed by atoms with Crippen LogP contribution in [0.15, 0.2) is 24.3 Å². The molecule has 2 N–H and O–H groups in total. The molecule has 0 bridgehead atoms. The summed E-state index contributed by atoms with van der Waals surface area (Å²) in [6.45, 7) is 2.22. The molecule has 0 fully saturated rings. The normalized spacial score (nSPS) is 12.2. The molecule has 0 radical (unpaired) electrons. The molecule has 1 rings (SSSR count). The Bertz CT molecular complexity index is 355. The largest absolute Gasteiger partial charge is 0.391 e. The van der Waals surface area contributed by atoms with Crippen molar-refractivity contribution < 1.29 is 9.90 Å². The molecule has 1 atom stereocenters. The molecule has 0 saturated heterocycles. The van der Waals surface area contributed by atoms with Gasteiger partial charge in [-0.25, -0.2) is 0 Å². The summed E-state index contributed by atoms with van der Waals surface area (Å²) in [7, 11) is 0. The zero-order valence-corrected chi connectivity index (χ0v) is 11.4. The van der Waals surface area contributed by atoms with Gasteiger partial charge in [-0.15, -0.1) is 0 Å². The fourth-order valence-electron chi connectivity index (χ4n) is 1.25. The third-order valence-corrected chi connectivity index (χ3v) is 3.37. The minimum Gasteiger partial charge on any atom is -0.391 e. The van der Waals surface area contributed by atoms with Crippen molar-refractivity contribution >= 4 is 28.5 Å². The second-order valence-electron chi connectivity index (χ2n) is 3.63. The summed E-state index contributed by atoms with van der Waals surface area (Å²) in [6, 6.07) is 7.79. The molecule has 0 aliphatic rings. The number of carbonyl (C=O) groups is 1. The van der Waals surface area contributed by atoms with Crippen molar-refractivity contribution in [3.63, 3.8) is 0 Å². The third kappa shape index (κ3) is 4.49. The lowest BCUT2D eigenvalue weighted by atomic mass is 10.1. The van der Waals surface area contributed by atoms with E-state index < -0.39 is 6.10 Å². The van der Waals surface area contributed by atoms with Crippen molar-refractivity contribution in [2.75, 3.05) is 6.54 Å². The lowest BCUT2D eigenvalue weighted by Gasteiger charge is -2.10. The van der Waals surface area contributed by atoms with Crippen LogP contribution >= 0.6 is 22.6 Å². The number of hydrogen-bond donors (Lipinski definition) is 2. The van der Waals surface area contributed by atoms with Gasteiger partial charge in [0.05, 0.1) is 12.5 Å². The first-order valence-electron chi connectivity index (χ1n) is 5.31. The summed E-state index contributed by atoms with van der Waals surface area (Å²) in [5, 5.41) is 12.0. The third-order valence-electron chi connectivity index (χ3n) is 2.31. The summed E-state index contributed by atoms with van der Waals surface area (Å²) in [4.78, 5) is 11.6. The lowest BCUT2D eigenvalue weighted by Crippen LogP contribution is -2.32. The van der Waals surface area contributed by atoms with Gasteiger partial charge in [0.1, 0.15) is 0 Å². The van der Waals surface area contributed by atoms with Crippen LogP contribution in [0.1, 0.15) is 18.9 Å². The first-order valence-corrected chi connectivity index (χ1v) is 6.39. The van der Waals surface area contributed by atoms with E-state index in [9.17, 15) is 9.90 Å². The van der Waals surface area contributed by atoms with Crippen LogP contribution in [0.25, 0.3) is 0 Å². The summed E-state index contributed by atoms with van der Waals surface area (Å²) >= 11 is 2.21. The summed E-state index contributed by atoms with van der Waals surface area (Å²) < 4.78 is 1.09. The summed E-state index contributed by atoms with van der Waals surface area (Å²) in [5.74, 6) is -0.0448. The molecule has 1 aromatic carbocycles. The first kappa shape index (κ1) is 13.4. The van der Waals surface area contributed by atoms with Crippen LogP contribution in [-0.4, -0.2) is 23.7 Å². The molecule has 0 unspecified atom stereocenters. The number of benzene rings is 1. The average molecular weight is 333 g/mol. The van der Waals surface area contributed by atoms with E-state index in [-0.39, 0.29) is 5.91 Å². The van der Waals surface area contributed by atoms with E-state index in [1.165, 1.54) is 0 Å². The van der Waals surface area contributed by atoms with E-state index in [1.807, 2.05) is 31.2 Å². The number of halogens is 1. The van der Waals surface area contributed by atoms with Crippen LogP contribution in [0, 0.1) is 3.57 Å². The van der Waals surface area contributed by atoms with Gasteiger partial charge in [-0.05, 0) is 40.6 Å². The Kier molecular flexibility index (Phi) is 5.76. The van der Waals surface area contributed by atoms with Crippen molar-refractivity contribution in [2.45, 2.75) is 25.9 Å². The van der Waals surface area contributed by atoms with Crippen molar-refractivity contribution in [3.05, 3.63) is 33.4 Å². The molecular weight excluding hydrogens is 317 g/mol. The maximum atomic E-state index is 11.6. The van der Waals surface area contributed by atoms with Crippen molar-refractivity contribution in [1.82, 2.24) is 5.32 Å². The fourth-order valence-corrected chi connectivity index (χ4v) is 1.83. The molecule has 1 amide bonds. The van der Waals surface area contributed by atoms with E-state index in [0.717, 1.165) is 9.13 Å². The SMILES string of the molecule is CC[C@@H](O)CNC(=O)Cc1ccccc1I. The maximum Gasteiger partial charge on any atom is 0.224 e. The van der Waals surface area contributed by atoms with E-state index in [1.54, 1.807) is 0 Å². The second kappa shape index (κ2) is 6.85. The molecule has 1 aromatic rings. The van der Waals surface area contributed by atoms with Crippen molar-refractivity contribution in [1.29, 1.82) is 0 Å². The number of carbonyl (C=O) groups excluding carboxylic acids is 1. The Hall–Kier alpha value is -0.620. The standard InChI is InChI=1S/C12H16INO2/c1-2-10(15)8-14-12(16)7-9-5-3-4-6-11(9)13/h3-6,10,15H,2,7-8H2,1H3,(H,14,16)/t10-/m1/s1. The highest BCUT2D eigenvalue weighted by atomic mass is 127. The summed E-state index contributed by atoms with van der Waals surface area (Å²) in [6.07, 6.45) is 0.581. The van der Waals surface area contributed by atoms with Crippen LogP contribution in [-0.2, 0) is 11.2 Å². The zero-order chi connectivity index (χ0) is 12.0. The lowest BCUT2D eigenvalue weighted by molar-refractivity contribution is -0.120. The van der Waals surface area contributed by atoms with Gasteiger partial charge >= 0.3 is 0 Å². The van der Waals surface area contributed by atoms with Gasteiger partial charge in [0, 0.05) is 10.1 Å². The summed E-state index contributed by atoms with van der Waals surface area (Å²) in [5.41, 5.74) is 1.02. The fraction of sp³-hybridized carbons (Fsp3) is 0.417. The molecular formula is C12H16INO2. The van der Waals surface area contributed by atoms with Gasteiger partial charge in [-0.3, -0.25) is 4.79 Å². The van der Waals surface area contributed by atoms with E-state index in [2.05, 4.69) is 27.9 Å². The van der Waals surface area contributed by atoms with Crippen LogP contribution < -0.4 is 5.32 Å². The van der Waals surface area contributed by atoms with Crippen molar-refractivity contribution in [2.24, 2.45) is 0 Å². The Morgan fingerprint density at radius 2 is 2.19 bits per heavy atom. The molecule has 0 aliphatic heterocycles. The van der Waals surface area contributed by atoms with E-state index in [0.29, 0.717) is 19.4 Å². The van der Waals surface area contributed by atoms with Gasteiger partial charge in [0.25, 0.3) is 0 Å². The van der Waals surface area contributed by atoms with Crippen LogP contribution in [0.3, 0.4) is 0 Å². The Morgan fingerprint density at radius 1 is 1.50 bits per heavy atom. The second-order valence-corrected chi connectivity index (χ2v) is 4.80. The monoisotopic (exact) mass is 333 g/mol.